The third-order valence-electron chi connectivity index (χ3n) is 5.41. The van der Waals surface area contributed by atoms with Gasteiger partial charge in [-0.25, -0.2) is 18.0 Å². The van der Waals surface area contributed by atoms with Gasteiger partial charge in [-0.2, -0.15) is 0 Å². The van der Waals surface area contributed by atoms with Gasteiger partial charge in [-0.3, -0.25) is 4.79 Å². The van der Waals surface area contributed by atoms with Crippen molar-refractivity contribution in [3.63, 3.8) is 0 Å². The number of rotatable bonds is 4. The molecule has 2 aromatic rings. The number of aryl methyl sites for hydroxylation is 1. The molecule has 150 valence electrons. The standard InChI is InChI=1S/C18H18F3N3O4/c19-2-3-23-6-9(18(26)27)16(25)8-5-10(20)15(13(21)14(8)23)24-7-11(22)17-12(24)1-4-28-17/h5-6,11-12,17H,1-4,7,22H2,(H,26,27). The van der Waals surface area contributed by atoms with E-state index in [9.17, 15) is 23.5 Å². The van der Waals surface area contributed by atoms with Gasteiger partial charge in [0, 0.05) is 19.3 Å². The van der Waals surface area contributed by atoms with Gasteiger partial charge in [0.05, 0.1) is 35.6 Å². The number of hydrogen-bond acceptors (Lipinski definition) is 5. The summed E-state index contributed by atoms with van der Waals surface area (Å²) in [6.07, 6.45) is 1.08. The van der Waals surface area contributed by atoms with Crippen molar-refractivity contribution in [3.8, 4) is 0 Å². The fourth-order valence-corrected chi connectivity index (χ4v) is 4.23. The van der Waals surface area contributed by atoms with Crippen LogP contribution in [0.4, 0.5) is 18.9 Å². The molecule has 2 fully saturated rings. The number of aromatic nitrogens is 1. The van der Waals surface area contributed by atoms with Gasteiger partial charge in [0.15, 0.2) is 5.82 Å². The molecular weight excluding hydrogens is 379 g/mol. The van der Waals surface area contributed by atoms with Crippen molar-refractivity contribution in [2.75, 3.05) is 24.7 Å². The zero-order valence-corrected chi connectivity index (χ0v) is 14.7. The van der Waals surface area contributed by atoms with Crippen molar-refractivity contribution in [1.29, 1.82) is 0 Å². The predicted octanol–water partition coefficient (Wildman–Crippen LogP) is 1.25. The summed E-state index contributed by atoms with van der Waals surface area (Å²) in [4.78, 5) is 25.2. The maximum Gasteiger partial charge on any atom is 0.341 e. The first-order chi connectivity index (χ1) is 13.3. The van der Waals surface area contributed by atoms with Crippen LogP contribution in [0.15, 0.2) is 17.1 Å². The van der Waals surface area contributed by atoms with Crippen LogP contribution < -0.4 is 16.1 Å². The van der Waals surface area contributed by atoms with Gasteiger partial charge >= 0.3 is 5.97 Å². The second-order valence-electron chi connectivity index (χ2n) is 6.98. The largest absolute Gasteiger partial charge is 0.477 e. The summed E-state index contributed by atoms with van der Waals surface area (Å²) < 4.78 is 49.9. The normalized spacial score (nSPS) is 24.1. The predicted molar refractivity (Wildman–Crippen MR) is 94.5 cm³/mol. The Hall–Kier alpha value is -2.59. The fourth-order valence-electron chi connectivity index (χ4n) is 4.23. The van der Waals surface area contributed by atoms with Crippen LogP contribution in [0.25, 0.3) is 10.9 Å². The van der Waals surface area contributed by atoms with Crippen molar-refractivity contribution < 1.29 is 27.8 Å². The van der Waals surface area contributed by atoms with Crippen molar-refractivity contribution >= 4 is 22.6 Å². The highest BCUT2D eigenvalue weighted by atomic mass is 19.1. The lowest BCUT2D eigenvalue weighted by atomic mass is 10.1. The number of nitrogens with two attached hydrogens (primary N) is 1. The average Bonchev–Trinajstić information content (AvgIpc) is 3.22. The molecule has 3 unspecified atom stereocenters. The summed E-state index contributed by atoms with van der Waals surface area (Å²) in [5.74, 6) is -3.60. The van der Waals surface area contributed by atoms with E-state index in [4.69, 9.17) is 10.5 Å². The highest BCUT2D eigenvalue weighted by Crippen LogP contribution is 2.38. The first-order valence-electron chi connectivity index (χ1n) is 8.83. The van der Waals surface area contributed by atoms with E-state index < -0.39 is 46.7 Å². The minimum atomic E-state index is -1.55. The smallest absolute Gasteiger partial charge is 0.341 e. The monoisotopic (exact) mass is 397 g/mol. The van der Waals surface area contributed by atoms with Crippen LogP contribution in [0.3, 0.4) is 0 Å². The minimum absolute atomic E-state index is 0.162. The number of carboxylic acid groups (broad SMARTS) is 1. The Balaban J connectivity index is 1.97. The van der Waals surface area contributed by atoms with E-state index in [1.54, 1.807) is 0 Å². The Labute approximate surface area is 157 Å². The van der Waals surface area contributed by atoms with Crippen LogP contribution in [0, 0.1) is 11.6 Å². The second-order valence-corrected chi connectivity index (χ2v) is 6.98. The number of fused-ring (bicyclic) bond motifs is 2. The minimum Gasteiger partial charge on any atom is -0.477 e. The van der Waals surface area contributed by atoms with E-state index in [0.717, 1.165) is 16.8 Å². The molecule has 2 saturated heterocycles. The molecule has 0 aliphatic carbocycles. The second kappa shape index (κ2) is 6.78. The number of anilines is 1. The van der Waals surface area contributed by atoms with Crippen molar-refractivity contribution in [3.05, 3.63) is 39.7 Å². The van der Waals surface area contributed by atoms with Crippen LogP contribution >= 0.6 is 0 Å². The molecular formula is C18H18F3N3O4. The van der Waals surface area contributed by atoms with Crippen LogP contribution in [0.2, 0.25) is 0 Å². The molecule has 7 nitrogen and oxygen atoms in total. The molecule has 0 spiro atoms. The third-order valence-corrected chi connectivity index (χ3v) is 5.41. The lowest BCUT2D eigenvalue weighted by Gasteiger charge is -2.26. The molecule has 3 N–H and O–H groups in total. The van der Waals surface area contributed by atoms with E-state index in [2.05, 4.69) is 0 Å². The first-order valence-corrected chi connectivity index (χ1v) is 8.83. The number of aromatic carboxylic acids is 1. The van der Waals surface area contributed by atoms with Gasteiger partial charge in [0.25, 0.3) is 0 Å². The van der Waals surface area contributed by atoms with Crippen molar-refractivity contribution in [2.45, 2.75) is 31.2 Å². The molecule has 10 heteroatoms. The Morgan fingerprint density at radius 3 is 2.82 bits per heavy atom. The quantitative estimate of drug-likeness (QED) is 0.806. The fraction of sp³-hybridized carbons (Fsp3) is 0.444. The third kappa shape index (κ3) is 2.67. The Kier molecular flexibility index (Phi) is 4.54. The maximum atomic E-state index is 15.5. The van der Waals surface area contributed by atoms with Gasteiger partial charge in [0.1, 0.15) is 23.7 Å². The topological polar surface area (TPSA) is 97.8 Å². The maximum absolute atomic E-state index is 15.5. The van der Waals surface area contributed by atoms with Crippen molar-refractivity contribution in [2.24, 2.45) is 5.73 Å². The summed E-state index contributed by atoms with van der Waals surface area (Å²) in [5, 5.41) is 8.74. The zero-order chi connectivity index (χ0) is 20.2. The van der Waals surface area contributed by atoms with Gasteiger partial charge in [0.2, 0.25) is 5.43 Å². The number of halogens is 3. The summed E-state index contributed by atoms with van der Waals surface area (Å²) in [6, 6.07) is 0.0758. The number of pyridine rings is 1. The van der Waals surface area contributed by atoms with E-state index in [0.29, 0.717) is 13.0 Å². The average molecular weight is 397 g/mol. The molecule has 28 heavy (non-hydrogen) atoms. The molecule has 2 aliphatic heterocycles. The van der Waals surface area contributed by atoms with E-state index >= 15 is 4.39 Å². The number of carbonyl (C=O) groups is 1. The van der Waals surface area contributed by atoms with Gasteiger partial charge in [-0.1, -0.05) is 0 Å². The van der Waals surface area contributed by atoms with Gasteiger partial charge in [-0.05, 0) is 12.5 Å². The molecule has 2 aliphatic rings. The molecule has 1 aromatic carbocycles. The van der Waals surface area contributed by atoms with E-state index in [-0.39, 0.29) is 36.4 Å². The number of benzene rings is 1. The SMILES string of the molecule is NC1CN(c2c(F)cc3c(=O)c(C(=O)O)cn(CCF)c3c2F)C2CCOC12. The number of ether oxygens (including phenoxy) is 1. The van der Waals surface area contributed by atoms with Crippen molar-refractivity contribution in [1.82, 2.24) is 4.57 Å². The molecule has 3 heterocycles. The summed E-state index contributed by atoms with van der Waals surface area (Å²) >= 11 is 0. The van der Waals surface area contributed by atoms with Crippen LogP contribution in [-0.4, -0.2) is 53.7 Å². The molecule has 4 rings (SSSR count). The van der Waals surface area contributed by atoms with E-state index in [1.165, 1.54) is 4.90 Å². The lowest BCUT2D eigenvalue weighted by Crippen LogP contribution is -2.35. The highest BCUT2D eigenvalue weighted by molar-refractivity contribution is 5.94. The molecule has 0 bridgehead atoms. The highest BCUT2D eigenvalue weighted by Gasteiger charge is 2.46. The summed E-state index contributed by atoms with van der Waals surface area (Å²) in [6.45, 7) is -0.718. The Morgan fingerprint density at radius 1 is 1.39 bits per heavy atom. The Morgan fingerprint density at radius 2 is 2.14 bits per heavy atom. The Bertz CT molecular complexity index is 1030. The first kappa shape index (κ1) is 18.8. The number of hydrogen-bond donors (Lipinski definition) is 2. The molecule has 3 atom stereocenters. The van der Waals surface area contributed by atoms with Crippen LogP contribution in [0.1, 0.15) is 16.8 Å². The van der Waals surface area contributed by atoms with Gasteiger partial charge in [-0.15, -0.1) is 0 Å². The summed E-state index contributed by atoms with van der Waals surface area (Å²) in [7, 11) is 0. The molecule has 1 aromatic heterocycles. The van der Waals surface area contributed by atoms with E-state index in [1.807, 2.05) is 0 Å². The number of carboxylic acids is 1. The van der Waals surface area contributed by atoms with Crippen LogP contribution in [0.5, 0.6) is 0 Å². The lowest BCUT2D eigenvalue weighted by molar-refractivity contribution is 0.0694. The molecule has 0 amide bonds. The number of alkyl halides is 1. The van der Waals surface area contributed by atoms with Crippen LogP contribution in [-0.2, 0) is 11.3 Å². The number of nitrogens with zero attached hydrogens (tertiary/aromatic N) is 2. The molecule has 0 radical (unpaired) electrons. The molecule has 0 saturated carbocycles. The zero-order valence-electron chi connectivity index (χ0n) is 14.7. The summed E-state index contributed by atoms with van der Waals surface area (Å²) in [5.41, 5.74) is 3.63. The van der Waals surface area contributed by atoms with Gasteiger partial charge < -0.3 is 25.0 Å².